The van der Waals surface area contributed by atoms with Crippen LogP contribution < -0.4 is 0 Å². The predicted molar refractivity (Wildman–Crippen MR) is 92.7 cm³/mol. The minimum absolute atomic E-state index is 0.0174. The first-order valence-corrected chi connectivity index (χ1v) is 10.0. The molecule has 0 aromatic heterocycles. The monoisotopic (exact) mass is 344 g/mol. The van der Waals surface area contributed by atoms with Crippen LogP contribution in [0.2, 0.25) is 0 Å². The van der Waals surface area contributed by atoms with E-state index < -0.39 is 15.1 Å². The van der Waals surface area contributed by atoms with E-state index in [0.717, 1.165) is 25.7 Å². The summed E-state index contributed by atoms with van der Waals surface area (Å²) >= 11 is -2.30. The van der Waals surface area contributed by atoms with E-state index in [2.05, 4.69) is 6.92 Å². The highest BCUT2D eigenvalue weighted by molar-refractivity contribution is 6.36. The first-order chi connectivity index (χ1) is 10.7. The second-order valence-corrected chi connectivity index (χ2v) is 7.63. The van der Waals surface area contributed by atoms with Gasteiger partial charge in [0, 0.05) is 12.2 Å². The van der Waals surface area contributed by atoms with Gasteiger partial charge in [0.2, 0.25) is 0 Å². The number of esters is 1. The molecule has 0 heterocycles. The second kappa shape index (κ2) is 12.8. The van der Waals surface area contributed by atoms with Crippen LogP contribution in [-0.4, -0.2) is 39.4 Å². The molecule has 0 rings (SSSR count). The van der Waals surface area contributed by atoms with Crippen molar-refractivity contribution in [3.8, 4) is 0 Å². The summed E-state index contributed by atoms with van der Waals surface area (Å²) in [6.45, 7) is 13.5. The number of carbonyl (C=O) groups excluding carboxylic acids is 1. The minimum Gasteiger partial charge on any atom is -0.602 e. The lowest BCUT2D eigenvalue weighted by Gasteiger charge is -2.19. The Hall–Kier alpha value is -0.538. The van der Waals surface area contributed by atoms with Crippen LogP contribution in [0, 0.1) is 0 Å². The number of rotatable bonds is 12. The molecule has 0 saturated heterocycles. The van der Waals surface area contributed by atoms with Gasteiger partial charge in [-0.05, 0) is 54.4 Å². The van der Waals surface area contributed by atoms with Gasteiger partial charge in [-0.25, -0.2) is 4.79 Å². The van der Waals surface area contributed by atoms with Crippen LogP contribution in [0.3, 0.4) is 0 Å². The van der Waals surface area contributed by atoms with Crippen LogP contribution in [-0.2, 0) is 20.9 Å². The molecule has 134 valence electrons. The number of carbonyl (C=O) groups is 1. The van der Waals surface area contributed by atoms with Crippen molar-refractivity contribution in [2.45, 2.75) is 92.5 Å². The SMILES string of the molecule is CCCCCC(C)OC(=O)/C=C(/C)[O][Al]([O]C(C)C)[O]C(C)C. The molecule has 5 nitrogen and oxygen atoms in total. The van der Waals surface area contributed by atoms with E-state index in [9.17, 15) is 4.79 Å². The zero-order valence-electron chi connectivity index (χ0n) is 15.8. The summed E-state index contributed by atoms with van der Waals surface area (Å²) in [7, 11) is 0. The quantitative estimate of drug-likeness (QED) is 0.174. The van der Waals surface area contributed by atoms with Gasteiger partial charge in [-0.15, -0.1) is 0 Å². The van der Waals surface area contributed by atoms with Gasteiger partial charge in [-0.3, -0.25) is 0 Å². The van der Waals surface area contributed by atoms with E-state index in [-0.39, 0.29) is 24.3 Å². The summed E-state index contributed by atoms with van der Waals surface area (Å²) in [5.74, 6) is 0.0852. The molecule has 1 unspecified atom stereocenters. The average Bonchev–Trinajstić information content (AvgIpc) is 2.36. The standard InChI is InChI=1S/C11H20O3.2C3H7O.Al/c1-4-5-6-7-10(3)14-11(13)8-9(2)12;2*1-3(2)4;/h8,10,12H,4-7H2,1-3H3;2*3H,1-2H3;/q;2*-1;+3/p-1/b9-8-;;;. The van der Waals surface area contributed by atoms with Crippen molar-refractivity contribution in [3.05, 3.63) is 11.8 Å². The predicted octanol–water partition coefficient (Wildman–Crippen LogP) is 4.25. The van der Waals surface area contributed by atoms with Crippen molar-refractivity contribution in [2.75, 3.05) is 0 Å². The Bertz CT molecular complexity index is 345. The summed E-state index contributed by atoms with van der Waals surface area (Å²) < 4.78 is 22.4. The van der Waals surface area contributed by atoms with Crippen LogP contribution in [0.1, 0.15) is 74.1 Å². The lowest BCUT2D eigenvalue weighted by molar-refractivity contribution is -0.142. The van der Waals surface area contributed by atoms with Crippen molar-refractivity contribution in [1.82, 2.24) is 0 Å². The molecule has 1 atom stereocenters. The molecule has 0 aliphatic carbocycles. The summed E-state index contributed by atoms with van der Waals surface area (Å²) in [5.41, 5.74) is 0. The van der Waals surface area contributed by atoms with Gasteiger partial charge in [0.25, 0.3) is 0 Å². The normalized spacial score (nSPS) is 13.3. The van der Waals surface area contributed by atoms with Crippen molar-refractivity contribution < 1.29 is 20.9 Å². The van der Waals surface area contributed by atoms with Gasteiger partial charge in [0.05, 0.1) is 17.9 Å². The zero-order chi connectivity index (χ0) is 17.8. The van der Waals surface area contributed by atoms with Gasteiger partial charge >= 0.3 is 21.1 Å². The Kier molecular flexibility index (Phi) is 12.5. The van der Waals surface area contributed by atoms with Crippen LogP contribution >= 0.6 is 0 Å². The highest BCUT2D eigenvalue weighted by Gasteiger charge is 2.37. The third-order valence-electron chi connectivity index (χ3n) is 2.90. The number of hydrogen-bond donors (Lipinski definition) is 0. The third kappa shape index (κ3) is 13.6. The Labute approximate surface area is 146 Å². The van der Waals surface area contributed by atoms with Crippen LogP contribution in [0.25, 0.3) is 0 Å². The molecule has 0 aliphatic heterocycles. The van der Waals surface area contributed by atoms with E-state index in [1.165, 1.54) is 6.08 Å². The lowest BCUT2D eigenvalue weighted by Crippen LogP contribution is -2.32. The van der Waals surface area contributed by atoms with Gasteiger partial charge in [0.1, 0.15) is 0 Å². The highest BCUT2D eigenvalue weighted by Crippen LogP contribution is 2.10. The van der Waals surface area contributed by atoms with Gasteiger partial charge in [-0.2, -0.15) is 0 Å². The largest absolute Gasteiger partial charge is 1.00 e. The summed E-state index contributed by atoms with van der Waals surface area (Å²) in [5, 5.41) is 0. The molecule has 0 saturated carbocycles. The molecule has 0 N–H and O–H groups in total. The lowest BCUT2D eigenvalue weighted by atomic mass is 10.1. The second-order valence-electron chi connectivity index (χ2n) is 6.27. The molecule has 0 spiro atoms. The average molecular weight is 344 g/mol. The van der Waals surface area contributed by atoms with Crippen LogP contribution in [0.15, 0.2) is 11.8 Å². The fraction of sp³-hybridized carbons (Fsp3) is 0.824. The van der Waals surface area contributed by atoms with E-state index in [0.29, 0.717) is 5.76 Å². The molecule has 0 amide bonds. The summed E-state index contributed by atoms with van der Waals surface area (Å²) in [6, 6.07) is 0. The molecule has 23 heavy (non-hydrogen) atoms. The van der Waals surface area contributed by atoms with Gasteiger partial charge in [-0.1, -0.05) is 19.8 Å². The molecular formula is C17H33AlO5. The van der Waals surface area contributed by atoms with Crippen molar-refractivity contribution in [3.63, 3.8) is 0 Å². The smallest absolute Gasteiger partial charge is 0.602 e. The Morgan fingerprint density at radius 1 is 1.04 bits per heavy atom. The maximum atomic E-state index is 11.9. The Balaban J connectivity index is 4.39. The number of ether oxygens (including phenoxy) is 1. The van der Waals surface area contributed by atoms with Crippen molar-refractivity contribution >= 4 is 21.1 Å². The first kappa shape index (κ1) is 22.5. The molecule has 0 bridgehead atoms. The summed E-state index contributed by atoms with van der Waals surface area (Å²) in [6.07, 6.45) is 5.60. The molecular weight excluding hydrogens is 311 g/mol. The van der Waals surface area contributed by atoms with E-state index in [1.807, 2.05) is 34.6 Å². The number of allylic oxidation sites excluding steroid dienone is 1. The number of hydrogen-bond acceptors (Lipinski definition) is 5. The first-order valence-electron chi connectivity index (χ1n) is 8.61. The van der Waals surface area contributed by atoms with E-state index >= 15 is 0 Å². The molecule has 6 heteroatoms. The van der Waals surface area contributed by atoms with Crippen LogP contribution in [0.4, 0.5) is 0 Å². The highest BCUT2D eigenvalue weighted by atomic mass is 27.3. The van der Waals surface area contributed by atoms with Gasteiger partial charge in [0.15, 0.2) is 0 Å². The molecule has 0 fully saturated rings. The minimum atomic E-state index is -2.30. The maximum absolute atomic E-state index is 11.9. The molecule has 0 aromatic rings. The molecule has 0 aromatic carbocycles. The Morgan fingerprint density at radius 3 is 2.09 bits per heavy atom. The molecule has 0 radical (unpaired) electrons. The van der Waals surface area contributed by atoms with Crippen molar-refractivity contribution in [2.24, 2.45) is 0 Å². The fourth-order valence-electron chi connectivity index (χ4n) is 1.86. The maximum Gasteiger partial charge on any atom is 1.00 e. The zero-order valence-corrected chi connectivity index (χ0v) is 16.9. The topological polar surface area (TPSA) is 54.0 Å². The number of unbranched alkanes of at least 4 members (excludes halogenated alkanes) is 2. The third-order valence-corrected chi connectivity index (χ3v) is 5.00. The fourth-order valence-corrected chi connectivity index (χ4v) is 3.29. The van der Waals surface area contributed by atoms with Crippen molar-refractivity contribution in [1.29, 1.82) is 0 Å². The van der Waals surface area contributed by atoms with Crippen LogP contribution in [0.5, 0.6) is 0 Å². The van der Waals surface area contributed by atoms with E-state index in [1.54, 1.807) is 6.92 Å². The summed E-state index contributed by atoms with van der Waals surface area (Å²) in [4.78, 5) is 11.9. The Morgan fingerprint density at radius 2 is 1.61 bits per heavy atom. The van der Waals surface area contributed by atoms with Gasteiger partial charge < -0.3 is 16.1 Å². The molecule has 0 aliphatic rings. The van der Waals surface area contributed by atoms with E-state index in [4.69, 9.17) is 16.1 Å².